The molecule has 0 saturated carbocycles. The lowest BCUT2D eigenvalue weighted by Gasteiger charge is -2.21. The van der Waals surface area contributed by atoms with Crippen LogP contribution in [0, 0.1) is 5.41 Å². The van der Waals surface area contributed by atoms with Crippen molar-refractivity contribution in [2.45, 2.75) is 20.8 Å². The highest BCUT2D eigenvalue weighted by molar-refractivity contribution is 7.95. The molecule has 0 aliphatic carbocycles. The number of oxime groups is 1. The van der Waals surface area contributed by atoms with E-state index in [9.17, 15) is 14.0 Å². The first-order valence-corrected chi connectivity index (χ1v) is 6.85. The number of carbonyl (C=O) groups is 2. The molecule has 0 atom stereocenters. The summed E-state index contributed by atoms with van der Waals surface area (Å²) in [6.45, 7) is 5.57. The Morgan fingerprint density at radius 2 is 1.95 bits per heavy atom. The number of aromatic nitrogens is 3. The summed E-state index contributed by atoms with van der Waals surface area (Å²) in [7, 11) is 2.49. The molecule has 0 unspecified atom stereocenters. The molecule has 122 valence electrons. The molecule has 0 radical (unpaired) electrons. The zero-order valence-electron chi connectivity index (χ0n) is 12.8. The third-order valence-electron chi connectivity index (χ3n) is 2.27. The molecule has 22 heavy (non-hydrogen) atoms. The average Bonchev–Trinajstić information content (AvgIpc) is 2.90. The molecule has 0 N–H and O–H groups in total. The smallest absolute Gasteiger partial charge is 0.295 e. The van der Waals surface area contributed by atoms with Crippen molar-refractivity contribution in [1.29, 1.82) is 0 Å². The first-order chi connectivity index (χ1) is 10.1. The van der Waals surface area contributed by atoms with E-state index in [0.717, 1.165) is 4.31 Å². The Kier molecular flexibility index (Phi) is 5.85. The van der Waals surface area contributed by atoms with Gasteiger partial charge in [0.25, 0.3) is 0 Å². The van der Waals surface area contributed by atoms with Crippen molar-refractivity contribution in [1.82, 2.24) is 23.4 Å². The van der Waals surface area contributed by atoms with Crippen LogP contribution >= 0.6 is 12.1 Å². The molecule has 0 aromatic carbocycles. The average molecular weight is 332 g/mol. The van der Waals surface area contributed by atoms with Crippen LogP contribution in [0.25, 0.3) is 0 Å². The van der Waals surface area contributed by atoms with E-state index in [1.807, 2.05) is 20.8 Å². The van der Waals surface area contributed by atoms with E-state index < -0.39 is 17.7 Å². The molecule has 0 spiro atoms. The lowest BCUT2D eigenvalue weighted by atomic mass is 9.95. The van der Waals surface area contributed by atoms with E-state index >= 15 is 0 Å². The zero-order valence-corrected chi connectivity index (χ0v) is 13.7. The van der Waals surface area contributed by atoms with Gasteiger partial charge in [-0.15, -0.1) is 4.39 Å². The summed E-state index contributed by atoms with van der Waals surface area (Å²) in [5.74, 6) is 0.353. The van der Waals surface area contributed by atoms with Crippen molar-refractivity contribution in [3.05, 3.63) is 12.7 Å². The van der Waals surface area contributed by atoms with Crippen LogP contribution in [0.2, 0.25) is 0 Å². The first-order valence-electron chi connectivity index (χ1n) is 6.12. The predicted octanol–water partition coefficient (Wildman–Crippen LogP) is 2.14. The van der Waals surface area contributed by atoms with E-state index in [1.165, 1.54) is 31.4 Å². The monoisotopic (exact) mass is 332 g/mol. The number of amides is 2. The Balaban J connectivity index is 2.79. The maximum atomic E-state index is 12.4. The van der Waals surface area contributed by atoms with Gasteiger partial charge in [0.15, 0.2) is 5.84 Å². The lowest BCUT2D eigenvalue weighted by Crippen LogP contribution is -2.31. The molecular weight excluding hydrogens is 315 g/mol. The van der Waals surface area contributed by atoms with E-state index in [0.29, 0.717) is 22.3 Å². The van der Waals surface area contributed by atoms with Crippen LogP contribution in [0.1, 0.15) is 20.8 Å². The van der Waals surface area contributed by atoms with Crippen molar-refractivity contribution in [2.24, 2.45) is 10.6 Å². The highest BCUT2D eigenvalue weighted by Gasteiger charge is 2.24. The molecule has 0 saturated heterocycles. The minimum atomic E-state index is -1.69. The van der Waals surface area contributed by atoms with Crippen LogP contribution in [0.3, 0.4) is 0 Å². The predicted molar refractivity (Wildman–Crippen MR) is 78.4 cm³/mol. The molecule has 2 amide bonds. The van der Waals surface area contributed by atoms with Gasteiger partial charge in [-0.3, -0.25) is 4.84 Å². The second kappa shape index (κ2) is 7.20. The van der Waals surface area contributed by atoms with Crippen LogP contribution in [-0.2, 0) is 4.84 Å². The van der Waals surface area contributed by atoms with E-state index in [-0.39, 0.29) is 0 Å². The van der Waals surface area contributed by atoms with Gasteiger partial charge < -0.3 is 0 Å². The molecule has 0 aliphatic heterocycles. The van der Waals surface area contributed by atoms with Crippen LogP contribution in [0.15, 0.2) is 17.8 Å². The van der Waals surface area contributed by atoms with Gasteiger partial charge in [-0.05, 0) is 0 Å². The molecule has 0 bridgehead atoms. The highest BCUT2D eigenvalue weighted by Crippen LogP contribution is 2.18. The molecular formula is C11H17FN6O3S. The van der Waals surface area contributed by atoms with Gasteiger partial charge in [0.05, 0.1) is 12.1 Å². The van der Waals surface area contributed by atoms with Gasteiger partial charge in [0.2, 0.25) is 0 Å². The minimum absolute atomic E-state index is 0.353. The number of hydrogen-bond acceptors (Lipinski definition) is 7. The van der Waals surface area contributed by atoms with Crippen molar-refractivity contribution in [3.8, 4) is 0 Å². The topological polar surface area (TPSA) is 92.9 Å². The van der Waals surface area contributed by atoms with Crippen molar-refractivity contribution in [3.63, 3.8) is 0 Å². The molecule has 1 aromatic heterocycles. The summed E-state index contributed by atoms with van der Waals surface area (Å²) >= 11 is 0.536. The summed E-state index contributed by atoms with van der Waals surface area (Å²) in [4.78, 5) is 30.9. The molecule has 1 heterocycles. The third-order valence-corrected chi connectivity index (χ3v) is 3.05. The van der Waals surface area contributed by atoms with Crippen molar-refractivity contribution in [2.75, 3.05) is 14.1 Å². The number of rotatable bonds is 3. The quantitative estimate of drug-likeness (QED) is 0.160. The summed E-state index contributed by atoms with van der Waals surface area (Å²) in [5, 5.41) is 7.73. The van der Waals surface area contributed by atoms with E-state index in [4.69, 9.17) is 4.84 Å². The number of hydrogen-bond donors (Lipinski definition) is 0. The fourth-order valence-electron chi connectivity index (χ4n) is 1.23. The van der Waals surface area contributed by atoms with E-state index in [2.05, 4.69) is 15.2 Å². The largest absolute Gasteiger partial charge is 0.447 e. The maximum Gasteiger partial charge on any atom is 0.447 e. The summed E-state index contributed by atoms with van der Waals surface area (Å²) in [6.07, 6.45) is 0.185. The van der Waals surface area contributed by atoms with Gasteiger partial charge in [-0.2, -0.15) is 5.10 Å². The molecule has 1 aromatic rings. The normalized spacial score (nSPS) is 12.0. The number of carbonyl (C=O) groups excluding carboxylic acids is 2. The number of nitrogens with zero attached hydrogens (tertiary/aromatic N) is 6. The van der Waals surface area contributed by atoms with Gasteiger partial charge >= 0.3 is 12.3 Å². The van der Waals surface area contributed by atoms with Crippen LogP contribution in [0.5, 0.6) is 0 Å². The Labute approximate surface area is 131 Å². The van der Waals surface area contributed by atoms with Gasteiger partial charge in [0, 0.05) is 19.5 Å². The second-order valence-corrected chi connectivity index (χ2v) is 6.45. The van der Waals surface area contributed by atoms with E-state index in [1.54, 1.807) is 0 Å². The lowest BCUT2D eigenvalue weighted by molar-refractivity contribution is 0.134. The summed E-state index contributed by atoms with van der Waals surface area (Å²) in [5.41, 5.74) is -0.467. The fraction of sp³-hybridized carbons (Fsp3) is 0.545. The Bertz CT molecular complexity index is 557. The zero-order chi connectivity index (χ0) is 16.9. The Hall–Kier alpha value is -2.17. The van der Waals surface area contributed by atoms with Crippen LogP contribution < -0.4 is 0 Å². The highest BCUT2D eigenvalue weighted by atomic mass is 32.2. The first kappa shape index (κ1) is 17.9. The molecule has 9 nitrogen and oxygen atoms in total. The third kappa shape index (κ3) is 4.98. The summed E-state index contributed by atoms with van der Waals surface area (Å²) < 4.78 is 15.3. The minimum Gasteiger partial charge on any atom is -0.295 e. The molecule has 11 heteroatoms. The van der Waals surface area contributed by atoms with Crippen LogP contribution in [0.4, 0.5) is 14.0 Å². The Morgan fingerprint density at radius 3 is 2.41 bits per heavy atom. The van der Waals surface area contributed by atoms with Crippen LogP contribution in [-0.4, -0.2) is 55.6 Å². The fourth-order valence-corrected chi connectivity index (χ4v) is 1.76. The Morgan fingerprint density at radius 1 is 1.32 bits per heavy atom. The van der Waals surface area contributed by atoms with Gasteiger partial charge in [-0.1, -0.05) is 25.9 Å². The summed E-state index contributed by atoms with van der Waals surface area (Å²) in [6, 6.07) is 0. The molecule has 0 aliphatic rings. The molecule has 1 rings (SSSR count). The van der Waals surface area contributed by atoms with Gasteiger partial charge in [0.1, 0.15) is 12.7 Å². The maximum absolute atomic E-state index is 12.4. The second-order valence-electron chi connectivity index (χ2n) is 5.19. The van der Waals surface area contributed by atoms with Crippen molar-refractivity contribution < 1.29 is 18.8 Å². The van der Waals surface area contributed by atoms with Crippen molar-refractivity contribution >= 4 is 30.2 Å². The number of halogens is 1. The van der Waals surface area contributed by atoms with Gasteiger partial charge in [-0.25, -0.2) is 27.9 Å². The molecule has 0 fully saturated rings. The standard InChI is InChI=1S/C11H17FN6O3S/c1-11(2,3)8(18-7-13-6-14-18)15-21-10(20)17(5)22-16(4)9(12)19/h6-7H,1-5H3. The SMILES string of the molecule is CN(SN(C)C(=O)ON=C(n1cncn1)C(C)(C)C)C(=O)F.